The first-order valence-electron chi connectivity index (χ1n) is 11.7. The second-order valence-corrected chi connectivity index (χ2v) is 9.78. The second kappa shape index (κ2) is 9.77. The fourth-order valence-electron chi connectivity index (χ4n) is 4.01. The van der Waals surface area contributed by atoms with Gasteiger partial charge in [-0.1, -0.05) is 70.2 Å². The minimum atomic E-state index is -0.987. The lowest BCUT2D eigenvalue weighted by atomic mass is 9.92. The number of carboxylic acids is 1. The number of hydrogen-bond acceptors (Lipinski definition) is 6. The summed E-state index contributed by atoms with van der Waals surface area (Å²) in [7, 11) is 0. The van der Waals surface area contributed by atoms with Crippen LogP contribution < -0.4 is 10.3 Å². The van der Waals surface area contributed by atoms with Gasteiger partial charge < -0.3 is 14.4 Å². The molecule has 0 spiro atoms. The van der Waals surface area contributed by atoms with Crippen LogP contribution in [0.4, 0.5) is 0 Å². The average molecular weight is 489 g/mol. The molecule has 36 heavy (non-hydrogen) atoms. The summed E-state index contributed by atoms with van der Waals surface area (Å²) in [5.74, 6) is -0.810. The monoisotopic (exact) mass is 488 g/mol. The molecular weight excluding hydrogens is 460 g/mol. The van der Waals surface area contributed by atoms with E-state index in [0.717, 1.165) is 11.1 Å². The highest BCUT2D eigenvalue weighted by Crippen LogP contribution is 2.28. The predicted octanol–water partition coefficient (Wildman–Crippen LogP) is 4.44. The van der Waals surface area contributed by atoms with E-state index in [1.165, 1.54) is 0 Å². The van der Waals surface area contributed by atoms with Crippen molar-refractivity contribution >= 4 is 23.0 Å². The summed E-state index contributed by atoms with van der Waals surface area (Å²) in [6.45, 7) is 8.24. The van der Waals surface area contributed by atoms with E-state index < -0.39 is 17.5 Å². The maximum atomic E-state index is 12.8. The zero-order valence-electron chi connectivity index (χ0n) is 20.7. The fourth-order valence-corrected chi connectivity index (χ4v) is 4.01. The SMILES string of the molecule is CCC(=O)Oc1n[nH]c(=O)c2c1nc(CC(C)(C)C)n2Cc1ccc(-c2ccccc2C(=O)O)cc1. The number of aromatic nitrogens is 4. The molecule has 186 valence electrons. The summed E-state index contributed by atoms with van der Waals surface area (Å²) in [6, 6.07) is 14.4. The Morgan fingerprint density at radius 2 is 1.78 bits per heavy atom. The van der Waals surface area contributed by atoms with Crippen molar-refractivity contribution in [3.8, 4) is 17.0 Å². The Kier molecular flexibility index (Phi) is 6.74. The molecule has 2 aromatic heterocycles. The maximum absolute atomic E-state index is 12.8. The van der Waals surface area contributed by atoms with Gasteiger partial charge in [0.1, 0.15) is 11.3 Å². The first kappa shape index (κ1) is 24.8. The molecule has 0 amide bonds. The second-order valence-electron chi connectivity index (χ2n) is 9.78. The van der Waals surface area contributed by atoms with E-state index in [1.54, 1.807) is 31.2 Å². The van der Waals surface area contributed by atoms with Crippen molar-refractivity contribution in [3.05, 3.63) is 75.8 Å². The van der Waals surface area contributed by atoms with Gasteiger partial charge >= 0.3 is 11.9 Å². The molecule has 0 bridgehead atoms. The van der Waals surface area contributed by atoms with Gasteiger partial charge in [0.15, 0.2) is 5.52 Å². The van der Waals surface area contributed by atoms with E-state index in [0.29, 0.717) is 24.4 Å². The summed E-state index contributed by atoms with van der Waals surface area (Å²) < 4.78 is 7.16. The van der Waals surface area contributed by atoms with Crippen LogP contribution in [0.5, 0.6) is 5.88 Å². The van der Waals surface area contributed by atoms with Crippen molar-refractivity contribution in [3.63, 3.8) is 0 Å². The van der Waals surface area contributed by atoms with Crippen LogP contribution in [-0.4, -0.2) is 36.8 Å². The van der Waals surface area contributed by atoms with E-state index in [-0.39, 0.29) is 34.3 Å². The molecule has 9 nitrogen and oxygen atoms in total. The van der Waals surface area contributed by atoms with Crippen LogP contribution in [0.2, 0.25) is 0 Å². The first-order chi connectivity index (χ1) is 17.1. The Morgan fingerprint density at radius 1 is 1.08 bits per heavy atom. The number of imidazole rings is 1. The van der Waals surface area contributed by atoms with Gasteiger partial charge in [0, 0.05) is 19.4 Å². The maximum Gasteiger partial charge on any atom is 0.336 e. The Labute approximate surface area is 207 Å². The topological polar surface area (TPSA) is 127 Å². The third kappa shape index (κ3) is 5.19. The number of hydrogen-bond donors (Lipinski definition) is 2. The van der Waals surface area contributed by atoms with Gasteiger partial charge in [-0.3, -0.25) is 9.59 Å². The van der Waals surface area contributed by atoms with Crippen molar-refractivity contribution in [2.45, 2.75) is 47.1 Å². The lowest BCUT2D eigenvalue weighted by molar-refractivity contribution is -0.134. The molecule has 2 heterocycles. The highest BCUT2D eigenvalue weighted by molar-refractivity contribution is 5.96. The number of fused-ring (bicyclic) bond motifs is 1. The minimum Gasteiger partial charge on any atom is -0.478 e. The number of esters is 1. The molecule has 0 aliphatic carbocycles. The summed E-state index contributed by atoms with van der Waals surface area (Å²) in [5.41, 5.74) is 2.50. The number of nitrogens with one attached hydrogen (secondary N) is 1. The standard InChI is InChI=1S/C27H28N4O5/c1-5-21(32)36-25-22-23(24(33)29-30-25)31(20(28-22)14-27(2,3)4)15-16-10-12-17(13-11-16)18-8-6-7-9-19(18)26(34)35/h6-13H,5,14-15H2,1-4H3,(H,29,33)(H,34,35). The summed E-state index contributed by atoms with van der Waals surface area (Å²) in [6.07, 6.45) is 0.738. The number of benzene rings is 2. The van der Waals surface area contributed by atoms with Gasteiger partial charge in [0.25, 0.3) is 11.4 Å². The molecule has 0 atom stereocenters. The summed E-state index contributed by atoms with van der Waals surface area (Å²) >= 11 is 0. The van der Waals surface area contributed by atoms with Crippen molar-refractivity contribution in [1.29, 1.82) is 0 Å². The third-order valence-electron chi connectivity index (χ3n) is 5.67. The fraction of sp³-hybridized carbons (Fsp3) is 0.296. The molecule has 9 heteroatoms. The number of carbonyl (C=O) groups excluding carboxylic acids is 1. The van der Waals surface area contributed by atoms with Crippen molar-refractivity contribution in [2.24, 2.45) is 5.41 Å². The minimum absolute atomic E-state index is 0.0222. The quantitative estimate of drug-likeness (QED) is 0.368. The average Bonchev–Trinajstić information content (AvgIpc) is 3.18. The highest BCUT2D eigenvalue weighted by atomic mass is 16.5. The zero-order valence-corrected chi connectivity index (χ0v) is 20.7. The van der Waals surface area contributed by atoms with E-state index >= 15 is 0 Å². The molecule has 0 saturated heterocycles. The molecule has 2 aromatic carbocycles. The van der Waals surface area contributed by atoms with Crippen molar-refractivity contribution < 1.29 is 19.4 Å². The number of rotatable bonds is 7. The molecule has 4 aromatic rings. The molecule has 0 unspecified atom stereocenters. The lowest BCUT2D eigenvalue weighted by Gasteiger charge is -2.19. The van der Waals surface area contributed by atoms with Crippen LogP contribution in [0.1, 0.15) is 55.9 Å². The number of ether oxygens (including phenoxy) is 1. The lowest BCUT2D eigenvalue weighted by Crippen LogP contribution is -2.18. The smallest absolute Gasteiger partial charge is 0.336 e. The molecule has 0 saturated carbocycles. The number of H-pyrrole nitrogens is 1. The predicted molar refractivity (Wildman–Crippen MR) is 135 cm³/mol. The molecule has 0 aliphatic rings. The summed E-state index contributed by atoms with van der Waals surface area (Å²) in [4.78, 5) is 41.0. The number of carbonyl (C=O) groups is 2. The van der Waals surface area contributed by atoms with Gasteiger partial charge in [-0.25, -0.2) is 14.9 Å². The van der Waals surface area contributed by atoms with Crippen LogP contribution in [-0.2, 0) is 17.8 Å². The molecule has 2 N–H and O–H groups in total. The van der Waals surface area contributed by atoms with Gasteiger partial charge in [0.05, 0.1) is 5.56 Å². The third-order valence-corrected chi connectivity index (χ3v) is 5.67. The number of nitrogens with zero attached hydrogens (tertiary/aromatic N) is 3. The van der Waals surface area contributed by atoms with Gasteiger partial charge in [-0.15, -0.1) is 5.10 Å². The van der Waals surface area contributed by atoms with Gasteiger partial charge in [-0.05, 0) is 28.2 Å². The number of carboxylic acid groups (broad SMARTS) is 1. The van der Waals surface area contributed by atoms with E-state index in [2.05, 4.69) is 36.0 Å². The Morgan fingerprint density at radius 3 is 2.42 bits per heavy atom. The number of aromatic carboxylic acids is 1. The first-order valence-corrected chi connectivity index (χ1v) is 11.7. The van der Waals surface area contributed by atoms with Crippen LogP contribution in [0, 0.1) is 5.41 Å². The zero-order chi connectivity index (χ0) is 26.0. The molecule has 4 rings (SSSR count). The van der Waals surface area contributed by atoms with Crippen molar-refractivity contribution in [1.82, 2.24) is 19.7 Å². The van der Waals surface area contributed by atoms with Crippen LogP contribution in [0.15, 0.2) is 53.3 Å². The van der Waals surface area contributed by atoms with Gasteiger partial charge in [-0.2, -0.15) is 0 Å². The Balaban J connectivity index is 1.78. The highest BCUT2D eigenvalue weighted by Gasteiger charge is 2.24. The largest absolute Gasteiger partial charge is 0.478 e. The Hall–Kier alpha value is -4.27. The number of aromatic amines is 1. The van der Waals surface area contributed by atoms with Crippen LogP contribution in [0.3, 0.4) is 0 Å². The molecule has 0 fully saturated rings. The van der Waals surface area contributed by atoms with Crippen LogP contribution in [0.25, 0.3) is 22.2 Å². The molecular formula is C27H28N4O5. The molecule has 0 radical (unpaired) electrons. The Bertz CT molecular complexity index is 1490. The normalized spacial score (nSPS) is 11.6. The van der Waals surface area contributed by atoms with E-state index in [1.807, 2.05) is 28.8 Å². The summed E-state index contributed by atoms with van der Waals surface area (Å²) in [5, 5.41) is 15.9. The van der Waals surface area contributed by atoms with E-state index in [9.17, 15) is 19.5 Å². The van der Waals surface area contributed by atoms with Crippen LogP contribution >= 0.6 is 0 Å². The molecule has 0 aliphatic heterocycles. The van der Waals surface area contributed by atoms with Crippen molar-refractivity contribution in [2.75, 3.05) is 0 Å². The van der Waals surface area contributed by atoms with E-state index in [4.69, 9.17) is 4.74 Å². The van der Waals surface area contributed by atoms with Gasteiger partial charge in [0.2, 0.25) is 0 Å².